The largest absolute Gasteiger partial charge is 0.462 e. The van der Waals surface area contributed by atoms with Crippen molar-refractivity contribution in [2.24, 2.45) is 0 Å². The van der Waals surface area contributed by atoms with Gasteiger partial charge in [-0.3, -0.25) is 4.79 Å². The summed E-state index contributed by atoms with van der Waals surface area (Å²) in [4.78, 5) is 23.7. The molecule has 0 fully saturated rings. The van der Waals surface area contributed by atoms with E-state index < -0.39 is 0 Å². The number of carbonyl (C=O) groups is 2. The molecule has 0 saturated carbocycles. The van der Waals surface area contributed by atoms with Crippen LogP contribution in [0, 0.1) is 0 Å². The standard InChI is InChI=1S/C20H24N2O3/c1-3-13-25-20(24)16-7-11-17(12-8-16)21-14-19(23)22-18-9-5-15(4-2)6-10-18/h5-12,21H,3-4,13-14H2,1-2H3,(H,22,23). The van der Waals surface area contributed by atoms with Crippen molar-refractivity contribution < 1.29 is 14.3 Å². The summed E-state index contributed by atoms with van der Waals surface area (Å²) in [6.45, 7) is 4.60. The quantitative estimate of drug-likeness (QED) is 0.716. The molecule has 2 aromatic rings. The predicted molar refractivity (Wildman–Crippen MR) is 100.0 cm³/mol. The van der Waals surface area contributed by atoms with Gasteiger partial charge in [0.25, 0.3) is 0 Å². The molecule has 0 atom stereocenters. The third-order valence-corrected chi connectivity index (χ3v) is 3.66. The first-order chi connectivity index (χ1) is 12.1. The molecule has 0 aliphatic rings. The van der Waals surface area contributed by atoms with Crippen molar-refractivity contribution in [3.8, 4) is 0 Å². The molecule has 0 heterocycles. The number of hydrogen-bond donors (Lipinski definition) is 2. The zero-order valence-electron chi connectivity index (χ0n) is 14.7. The average Bonchev–Trinajstić information content (AvgIpc) is 2.65. The molecule has 0 saturated heterocycles. The van der Waals surface area contributed by atoms with Crippen molar-refractivity contribution >= 4 is 23.3 Å². The lowest BCUT2D eigenvalue weighted by Gasteiger charge is -2.09. The molecule has 0 spiro atoms. The lowest BCUT2D eigenvalue weighted by molar-refractivity contribution is -0.114. The number of amides is 1. The van der Waals surface area contributed by atoms with Crippen molar-refractivity contribution in [2.75, 3.05) is 23.8 Å². The van der Waals surface area contributed by atoms with Gasteiger partial charge < -0.3 is 15.4 Å². The first-order valence-corrected chi connectivity index (χ1v) is 8.52. The van der Waals surface area contributed by atoms with Crippen LogP contribution in [0.2, 0.25) is 0 Å². The second-order valence-corrected chi connectivity index (χ2v) is 5.67. The van der Waals surface area contributed by atoms with E-state index in [1.54, 1.807) is 24.3 Å². The summed E-state index contributed by atoms with van der Waals surface area (Å²) in [6, 6.07) is 14.7. The van der Waals surface area contributed by atoms with Crippen molar-refractivity contribution in [1.29, 1.82) is 0 Å². The number of ether oxygens (including phenoxy) is 1. The van der Waals surface area contributed by atoms with E-state index in [-0.39, 0.29) is 18.4 Å². The highest BCUT2D eigenvalue weighted by Gasteiger charge is 2.07. The maximum atomic E-state index is 12.0. The van der Waals surface area contributed by atoms with Gasteiger partial charge in [0.15, 0.2) is 0 Å². The molecule has 1 amide bonds. The van der Waals surface area contributed by atoms with Crippen LogP contribution in [-0.2, 0) is 16.0 Å². The molecular weight excluding hydrogens is 316 g/mol. The lowest BCUT2D eigenvalue weighted by Crippen LogP contribution is -2.21. The van der Waals surface area contributed by atoms with E-state index in [4.69, 9.17) is 4.74 Å². The van der Waals surface area contributed by atoms with Crippen LogP contribution in [0.25, 0.3) is 0 Å². The Morgan fingerprint density at radius 2 is 1.56 bits per heavy atom. The Bertz CT molecular complexity index is 694. The summed E-state index contributed by atoms with van der Waals surface area (Å²) in [7, 11) is 0. The molecule has 132 valence electrons. The Labute approximate surface area is 148 Å². The zero-order chi connectivity index (χ0) is 18.1. The van der Waals surface area contributed by atoms with Crippen molar-refractivity contribution in [3.63, 3.8) is 0 Å². The minimum absolute atomic E-state index is 0.129. The Kier molecular flexibility index (Phi) is 7.01. The Morgan fingerprint density at radius 1 is 0.920 bits per heavy atom. The zero-order valence-corrected chi connectivity index (χ0v) is 14.7. The first-order valence-electron chi connectivity index (χ1n) is 8.52. The summed E-state index contributed by atoms with van der Waals surface area (Å²) in [5.74, 6) is -0.461. The van der Waals surface area contributed by atoms with Crippen LogP contribution < -0.4 is 10.6 Å². The van der Waals surface area contributed by atoms with Crippen molar-refractivity contribution in [2.45, 2.75) is 26.7 Å². The normalized spacial score (nSPS) is 10.2. The molecule has 0 aliphatic heterocycles. The number of rotatable bonds is 8. The van der Waals surface area contributed by atoms with Gasteiger partial charge in [-0.05, 0) is 54.8 Å². The van der Waals surface area contributed by atoms with Crippen LogP contribution in [0.5, 0.6) is 0 Å². The molecule has 25 heavy (non-hydrogen) atoms. The fourth-order valence-electron chi connectivity index (χ4n) is 2.21. The molecule has 2 N–H and O–H groups in total. The average molecular weight is 340 g/mol. The van der Waals surface area contributed by atoms with Gasteiger partial charge in [-0.25, -0.2) is 4.79 Å². The maximum Gasteiger partial charge on any atom is 0.338 e. The molecule has 0 aliphatic carbocycles. The Hall–Kier alpha value is -2.82. The molecule has 0 radical (unpaired) electrons. The highest BCUT2D eigenvalue weighted by atomic mass is 16.5. The smallest absolute Gasteiger partial charge is 0.338 e. The molecule has 0 unspecified atom stereocenters. The van der Waals surface area contributed by atoms with Gasteiger partial charge in [0.05, 0.1) is 18.7 Å². The second kappa shape index (κ2) is 9.47. The topological polar surface area (TPSA) is 67.4 Å². The predicted octanol–water partition coefficient (Wildman–Crippen LogP) is 3.87. The highest BCUT2D eigenvalue weighted by molar-refractivity contribution is 5.94. The van der Waals surface area contributed by atoms with E-state index in [1.807, 2.05) is 31.2 Å². The Morgan fingerprint density at radius 3 is 2.16 bits per heavy atom. The van der Waals surface area contributed by atoms with E-state index in [2.05, 4.69) is 17.6 Å². The molecule has 2 aromatic carbocycles. The van der Waals surface area contributed by atoms with Crippen LogP contribution in [0.4, 0.5) is 11.4 Å². The number of carbonyl (C=O) groups excluding carboxylic acids is 2. The summed E-state index contributed by atoms with van der Waals surface area (Å²) in [5, 5.41) is 5.87. The molecule has 2 rings (SSSR count). The molecule has 0 bridgehead atoms. The van der Waals surface area contributed by atoms with E-state index in [0.717, 1.165) is 24.2 Å². The molecule has 0 aromatic heterocycles. The van der Waals surface area contributed by atoms with Gasteiger partial charge in [-0.15, -0.1) is 0 Å². The molecule has 5 nitrogen and oxygen atoms in total. The van der Waals surface area contributed by atoms with Gasteiger partial charge in [-0.2, -0.15) is 0 Å². The van der Waals surface area contributed by atoms with Crippen LogP contribution in [0.1, 0.15) is 36.2 Å². The fraction of sp³-hybridized carbons (Fsp3) is 0.300. The highest BCUT2D eigenvalue weighted by Crippen LogP contribution is 2.12. The summed E-state index contributed by atoms with van der Waals surface area (Å²) in [6.07, 6.45) is 1.76. The second-order valence-electron chi connectivity index (χ2n) is 5.67. The van der Waals surface area contributed by atoms with E-state index in [0.29, 0.717) is 12.2 Å². The third-order valence-electron chi connectivity index (χ3n) is 3.66. The number of benzene rings is 2. The van der Waals surface area contributed by atoms with E-state index in [1.165, 1.54) is 5.56 Å². The molecular formula is C20H24N2O3. The van der Waals surface area contributed by atoms with E-state index >= 15 is 0 Å². The SMILES string of the molecule is CCCOC(=O)c1ccc(NCC(=O)Nc2ccc(CC)cc2)cc1. The summed E-state index contributed by atoms with van der Waals surface area (Å²) < 4.78 is 5.07. The van der Waals surface area contributed by atoms with Gasteiger partial charge in [0.2, 0.25) is 5.91 Å². The Balaban J connectivity index is 1.81. The minimum atomic E-state index is -0.332. The first kappa shape index (κ1) is 18.5. The number of hydrogen-bond acceptors (Lipinski definition) is 4. The number of anilines is 2. The minimum Gasteiger partial charge on any atom is -0.462 e. The molecule has 5 heteroatoms. The van der Waals surface area contributed by atoms with E-state index in [9.17, 15) is 9.59 Å². The van der Waals surface area contributed by atoms with Crippen LogP contribution >= 0.6 is 0 Å². The van der Waals surface area contributed by atoms with Crippen LogP contribution in [0.3, 0.4) is 0 Å². The lowest BCUT2D eigenvalue weighted by atomic mass is 10.1. The number of esters is 1. The van der Waals surface area contributed by atoms with Crippen LogP contribution in [0.15, 0.2) is 48.5 Å². The fourth-order valence-corrected chi connectivity index (χ4v) is 2.21. The van der Waals surface area contributed by atoms with Gasteiger partial charge in [0, 0.05) is 11.4 Å². The monoisotopic (exact) mass is 340 g/mol. The van der Waals surface area contributed by atoms with Crippen LogP contribution in [-0.4, -0.2) is 25.0 Å². The summed E-state index contributed by atoms with van der Waals surface area (Å²) in [5.41, 5.74) is 3.27. The number of nitrogens with one attached hydrogen (secondary N) is 2. The van der Waals surface area contributed by atoms with Gasteiger partial charge in [0.1, 0.15) is 0 Å². The van der Waals surface area contributed by atoms with Crippen molar-refractivity contribution in [1.82, 2.24) is 0 Å². The maximum absolute atomic E-state index is 12.0. The summed E-state index contributed by atoms with van der Waals surface area (Å²) >= 11 is 0. The number of aryl methyl sites for hydroxylation is 1. The van der Waals surface area contributed by atoms with Crippen molar-refractivity contribution in [3.05, 3.63) is 59.7 Å². The third kappa shape index (κ3) is 5.95. The van der Waals surface area contributed by atoms with Gasteiger partial charge in [-0.1, -0.05) is 26.0 Å². The van der Waals surface area contributed by atoms with Gasteiger partial charge >= 0.3 is 5.97 Å².